The third-order valence-electron chi connectivity index (χ3n) is 2.83. The topological polar surface area (TPSA) is 89.5 Å². The summed E-state index contributed by atoms with van der Waals surface area (Å²) in [7, 11) is 0. The molecule has 2 unspecified atom stereocenters. The van der Waals surface area contributed by atoms with Gasteiger partial charge in [-0.1, -0.05) is 32.5 Å². The monoisotopic (exact) mass is 331 g/mol. The first kappa shape index (κ1) is 20.6. The molecule has 0 bridgehead atoms. The van der Waals surface area contributed by atoms with Crippen molar-refractivity contribution in [1.82, 2.24) is 5.32 Å². The lowest BCUT2D eigenvalue weighted by Crippen LogP contribution is -2.34. The lowest BCUT2D eigenvalue weighted by atomic mass is 10.1. The summed E-state index contributed by atoms with van der Waals surface area (Å²) in [4.78, 5) is 46.1. The molecule has 0 fully saturated rings. The van der Waals surface area contributed by atoms with Crippen molar-refractivity contribution in [1.29, 1.82) is 0 Å². The summed E-state index contributed by atoms with van der Waals surface area (Å²) < 4.78 is 4.73. The first-order valence-electron chi connectivity index (χ1n) is 7.38. The number of nitrogens with one attached hydrogen (secondary N) is 1. The van der Waals surface area contributed by atoms with Crippen molar-refractivity contribution in [2.45, 2.75) is 58.8 Å². The molecule has 0 radical (unpaired) electrons. The van der Waals surface area contributed by atoms with Gasteiger partial charge in [0.2, 0.25) is 11.7 Å². The maximum absolute atomic E-state index is 11.7. The van der Waals surface area contributed by atoms with E-state index < -0.39 is 29.4 Å². The summed E-state index contributed by atoms with van der Waals surface area (Å²) in [5.41, 5.74) is 0. The van der Waals surface area contributed by atoms with Crippen molar-refractivity contribution in [3.05, 3.63) is 0 Å². The van der Waals surface area contributed by atoms with Crippen LogP contribution in [-0.2, 0) is 23.9 Å². The molecule has 0 aromatic rings. The van der Waals surface area contributed by atoms with Crippen LogP contribution in [0.3, 0.4) is 0 Å². The summed E-state index contributed by atoms with van der Waals surface area (Å²) in [5, 5.41) is 2.17. The van der Waals surface area contributed by atoms with Crippen LogP contribution >= 0.6 is 11.8 Å². The van der Waals surface area contributed by atoms with Gasteiger partial charge in [0.15, 0.2) is 5.12 Å². The number of hydrogen-bond donors (Lipinski definition) is 1. The Labute approximate surface area is 135 Å². The highest BCUT2D eigenvalue weighted by Crippen LogP contribution is 2.14. The summed E-state index contributed by atoms with van der Waals surface area (Å²) >= 11 is 0.943. The van der Waals surface area contributed by atoms with Gasteiger partial charge in [-0.2, -0.15) is 0 Å². The molecule has 0 rings (SSSR count). The molecule has 0 aromatic carbocycles. The molecule has 0 aliphatic heterocycles. The van der Waals surface area contributed by atoms with E-state index in [9.17, 15) is 19.2 Å². The fourth-order valence-corrected chi connectivity index (χ4v) is 2.22. The van der Waals surface area contributed by atoms with Crippen LogP contribution in [0.2, 0.25) is 0 Å². The van der Waals surface area contributed by atoms with Crippen LogP contribution in [0, 0.1) is 5.92 Å². The Morgan fingerprint density at radius 2 is 1.68 bits per heavy atom. The van der Waals surface area contributed by atoms with Crippen LogP contribution in [0.15, 0.2) is 0 Å². The average Bonchev–Trinajstić information content (AvgIpc) is 2.42. The fraction of sp³-hybridized carbons (Fsp3) is 0.733. The van der Waals surface area contributed by atoms with Crippen molar-refractivity contribution in [3.63, 3.8) is 0 Å². The predicted molar refractivity (Wildman–Crippen MR) is 85.4 cm³/mol. The SMILES string of the molecule is CCC(C)C(=O)NCC(C)SC(=O)CC(=O)C(=O)OC(C)C. The molecule has 0 heterocycles. The van der Waals surface area contributed by atoms with Gasteiger partial charge in [0.05, 0.1) is 12.5 Å². The summed E-state index contributed by atoms with van der Waals surface area (Å²) in [6.45, 7) is 9.12. The van der Waals surface area contributed by atoms with Crippen molar-refractivity contribution in [2.75, 3.05) is 6.54 Å². The van der Waals surface area contributed by atoms with Gasteiger partial charge in [-0.15, -0.1) is 0 Å². The number of rotatable bonds is 9. The molecule has 22 heavy (non-hydrogen) atoms. The Morgan fingerprint density at radius 3 is 2.18 bits per heavy atom. The van der Waals surface area contributed by atoms with E-state index in [4.69, 9.17) is 4.74 Å². The zero-order chi connectivity index (χ0) is 17.3. The number of hydrogen-bond acceptors (Lipinski definition) is 6. The number of esters is 1. The molecule has 7 heteroatoms. The van der Waals surface area contributed by atoms with E-state index in [1.165, 1.54) is 0 Å². The number of amides is 1. The molecule has 0 aliphatic rings. The van der Waals surface area contributed by atoms with Gasteiger partial charge in [0.1, 0.15) is 0 Å². The average molecular weight is 331 g/mol. The van der Waals surface area contributed by atoms with Crippen molar-refractivity contribution in [2.24, 2.45) is 5.92 Å². The third kappa shape index (κ3) is 8.81. The Hall–Kier alpha value is -1.37. The smallest absolute Gasteiger partial charge is 0.375 e. The fourth-order valence-electron chi connectivity index (χ4n) is 1.39. The molecule has 6 nitrogen and oxygen atoms in total. The number of carbonyl (C=O) groups excluding carboxylic acids is 4. The zero-order valence-electron chi connectivity index (χ0n) is 13.8. The molecule has 0 spiro atoms. The first-order chi connectivity index (χ1) is 10.2. The highest BCUT2D eigenvalue weighted by atomic mass is 32.2. The highest BCUT2D eigenvalue weighted by molar-refractivity contribution is 8.14. The minimum Gasteiger partial charge on any atom is -0.457 e. The van der Waals surface area contributed by atoms with Crippen LogP contribution in [0.5, 0.6) is 0 Å². The molecule has 0 aromatic heterocycles. The summed E-state index contributed by atoms with van der Waals surface area (Å²) in [5.74, 6) is -1.96. The van der Waals surface area contributed by atoms with E-state index in [1.807, 2.05) is 13.8 Å². The molecule has 1 N–H and O–H groups in total. The van der Waals surface area contributed by atoms with E-state index in [-0.39, 0.29) is 17.1 Å². The predicted octanol–water partition coefficient (Wildman–Crippen LogP) is 1.71. The first-order valence-corrected chi connectivity index (χ1v) is 8.26. The normalized spacial score (nSPS) is 13.4. The van der Waals surface area contributed by atoms with Gasteiger partial charge < -0.3 is 10.1 Å². The molecular formula is C15H25NO5S. The van der Waals surface area contributed by atoms with Crippen molar-refractivity contribution < 1.29 is 23.9 Å². The Bertz CT molecular complexity index is 422. The largest absolute Gasteiger partial charge is 0.457 e. The van der Waals surface area contributed by atoms with E-state index in [0.717, 1.165) is 18.2 Å². The Kier molecular flexibility index (Phi) is 9.73. The number of Topliss-reactive ketones (excluding diaryl/α,β-unsaturated/α-hetero) is 1. The van der Waals surface area contributed by atoms with Gasteiger partial charge >= 0.3 is 5.97 Å². The highest BCUT2D eigenvalue weighted by Gasteiger charge is 2.22. The van der Waals surface area contributed by atoms with Crippen LogP contribution < -0.4 is 5.32 Å². The van der Waals surface area contributed by atoms with Crippen molar-refractivity contribution in [3.8, 4) is 0 Å². The lowest BCUT2D eigenvalue weighted by Gasteiger charge is -2.14. The maximum atomic E-state index is 11.7. The standard InChI is InChI=1S/C15H25NO5S/c1-6-10(4)14(19)16-8-11(5)22-13(18)7-12(17)15(20)21-9(2)3/h9-11H,6-8H2,1-5H3,(H,16,19). The molecule has 126 valence electrons. The van der Waals surface area contributed by atoms with E-state index >= 15 is 0 Å². The molecule has 0 saturated heterocycles. The maximum Gasteiger partial charge on any atom is 0.375 e. The van der Waals surface area contributed by atoms with Gasteiger partial charge in [-0.25, -0.2) is 4.79 Å². The van der Waals surface area contributed by atoms with E-state index in [1.54, 1.807) is 20.8 Å². The Morgan fingerprint density at radius 1 is 1.09 bits per heavy atom. The van der Waals surface area contributed by atoms with Gasteiger partial charge in [-0.05, 0) is 20.3 Å². The summed E-state index contributed by atoms with van der Waals surface area (Å²) in [6, 6.07) is 0. The van der Waals surface area contributed by atoms with Crippen LogP contribution in [0.4, 0.5) is 0 Å². The molecular weight excluding hydrogens is 306 g/mol. The second-order valence-electron chi connectivity index (χ2n) is 5.41. The number of ether oxygens (including phenoxy) is 1. The molecule has 1 amide bonds. The van der Waals surface area contributed by atoms with Gasteiger partial charge in [0.25, 0.3) is 0 Å². The second kappa shape index (κ2) is 10.4. The minimum absolute atomic E-state index is 0.0565. The minimum atomic E-state index is -0.985. The van der Waals surface area contributed by atoms with Crippen LogP contribution in [0.25, 0.3) is 0 Å². The summed E-state index contributed by atoms with van der Waals surface area (Å²) in [6.07, 6.45) is -0.132. The molecule has 2 atom stereocenters. The zero-order valence-corrected chi connectivity index (χ0v) is 14.6. The quantitative estimate of drug-likeness (QED) is 0.393. The van der Waals surface area contributed by atoms with Crippen molar-refractivity contribution >= 4 is 34.5 Å². The lowest BCUT2D eigenvalue weighted by molar-refractivity contribution is -0.157. The van der Waals surface area contributed by atoms with E-state index in [0.29, 0.717) is 6.54 Å². The van der Waals surface area contributed by atoms with E-state index in [2.05, 4.69) is 5.32 Å². The number of thioether (sulfide) groups is 1. The number of ketones is 1. The molecule has 0 saturated carbocycles. The van der Waals surface area contributed by atoms with Gasteiger partial charge in [-0.3, -0.25) is 14.4 Å². The number of carbonyl (C=O) groups is 4. The third-order valence-corrected chi connectivity index (χ3v) is 3.81. The Balaban J connectivity index is 4.13. The van der Waals surface area contributed by atoms with Crippen LogP contribution in [-0.4, -0.2) is 40.7 Å². The molecule has 0 aliphatic carbocycles. The van der Waals surface area contributed by atoms with Gasteiger partial charge in [0, 0.05) is 17.7 Å². The van der Waals surface area contributed by atoms with Crippen LogP contribution in [0.1, 0.15) is 47.5 Å². The second-order valence-corrected chi connectivity index (χ2v) is 6.90.